The Balaban J connectivity index is 1.99. The number of hydrogen-bond donors (Lipinski definition) is 0. The van der Waals surface area contributed by atoms with E-state index in [1.807, 2.05) is 27.7 Å². The Morgan fingerprint density at radius 3 is 2.17 bits per heavy atom. The first-order valence-electron chi connectivity index (χ1n) is 14.4. The summed E-state index contributed by atoms with van der Waals surface area (Å²) in [6, 6.07) is 0. The maximum absolute atomic E-state index is 13.1. The molecule has 2 heterocycles. The lowest BCUT2D eigenvalue weighted by molar-refractivity contribution is -0.235. The van der Waals surface area contributed by atoms with Crippen LogP contribution in [0.1, 0.15) is 87.5 Å². The maximum atomic E-state index is 13.1. The maximum Gasteiger partial charge on any atom is 0.342 e. The summed E-state index contributed by atoms with van der Waals surface area (Å²) >= 11 is 0. The molecule has 1 saturated carbocycles. The minimum Gasteiger partial charge on any atom is -0.462 e. The van der Waals surface area contributed by atoms with E-state index in [0.717, 1.165) is 5.57 Å². The van der Waals surface area contributed by atoms with Crippen LogP contribution in [0.4, 0.5) is 0 Å². The Labute approximate surface area is 240 Å². The van der Waals surface area contributed by atoms with Gasteiger partial charge in [-0.1, -0.05) is 26.3 Å². The molecule has 2 aliphatic heterocycles. The summed E-state index contributed by atoms with van der Waals surface area (Å²) in [5.41, 5.74) is -3.09. The van der Waals surface area contributed by atoms with Gasteiger partial charge in [-0.3, -0.25) is 19.2 Å². The normalized spacial score (nSPS) is 42.6. The SMILES string of the molecule is CCCC(=O)O[C@H]1CC/C(C)=C\[C@@H]2OC(=O)[C@]3(C)O[C@]23[C@@H](OC(C)=O)[C@H]2[C@@H](C)[C@@H](OC(C)=O)C[C@H](OC(C)=O)[C@@]21C. The number of hydrogen-bond acceptors (Lipinski definition) is 11. The number of fused-ring (bicyclic) bond motifs is 1. The molecule has 4 aliphatic rings. The zero-order valence-electron chi connectivity index (χ0n) is 25.1. The summed E-state index contributed by atoms with van der Waals surface area (Å²) < 4.78 is 36.0. The minimum absolute atomic E-state index is 0.140. The molecule has 3 fully saturated rings. The summed E-state index contributed by atoms with van der Waals surface area (Å²) in [6.45, 7) is 12.9. The first kappa shape index (κ1) is 31.0. The molecule has 0 aromatic heterocycles. The average molecular weight is 579 g/mol. The van der Waals surface area contributed by atoms with E-state index in [0.29, 0.717) is 19.3 Å². The van der Waals surface area contributed by atoms with Gasteiger partial charge in [0.25, 0.3) is 0 Å². The van der Waals surface area contributed by atoms with Crippen LogP contribution in [-0.2, 0) is 52.4 Å². The van der Waals surface area contributed by atoms with Crippen LogP contribution in [0.2, 0.25) is 0 Å². The second-order valence-corrected chi connectivity index (χ2v) is 12.3. The van der Waals surface area contributed by atoms with Crippen molar-refractivity contribution in [2.75, 3.05) is 0 Å². The topological polar surface area (TPSA) is 144 Å². The smallest absolute Gasteiger partial charge is 0.342 e. The highest BCUT2D eigenvalue weighted by atomic mass is 16.7. The average Bonchev–Trinajstić information content (AvgIpc) is 3.44. The highest BCUT2D eigenvalue weighted by Crippen LogP contribution is 2.66. The van der Waals surface area contributed by atoms with Crippen LogP contribution in [0.15, 0.2) is 11.6 Å². The molecule has 2 aliphatic carbocycles. The molecule has 0 unspecified atom stereocenters. The van der Waals surface area contributed by atoms with Gasteiger partial charge in [0, 0.05) is 50.9 Å². The van der Waals surface area contributed by atoms with Crippen molar-refractivity contribution in [2.24, 2.45) is 17.3 Å². The first-order chi connectivity index (χ1) is 19.1. The van der Waals surface area contributed by atoms with Gasteiger partial charge in [0.2, 0.25) is 0 Å². The van der Waals surface area contributed by atoms with Gasteiger partial charge in [-0.25, -0.2) is 4.79 Å². The highest BCUT2D eigenvalue weighted by molar-refractivity contribution is 5.89. The van der Waals surface area contributed by atoms with Crippen LogP contribution >= 0.6 is 0 Å². The van der Waals surface area contributed by atoms with Gasteiger partial charge in [-0.2, -0.15) is 0 Å². The van der Waals surface area contributed by atoms with Gasteiger partial charge in [-0.15, -0.1) is 0 Å². The quantitative estimate of drug-likeness (QED) is 0.198. The van der Waals surface area contributed by atoms with Crippen molar-refractivity contribution in [2.45, 2.75) is 129 Å². The van der Waals surface area contributed by atoms with E-state index >= 15 is 0 Å². The third kappa shape index (κ3) is 5.15. The van der Waals surface area contributed by atoms with Crippen LogP contribution in [0.3, 0.4) is 0 Å². The predicted molar refractivity (Wildman–Crippen MR) is 142 cm³/mol. The van der Waals surface area contributed by atoms with Crippen LogP contribution in [-0.4, -0.2) is 71.6 Å². The fourth-order valence-corrected chi connectivity index (χ4v) is 7.49. The monoisotopic (exact) mass is 578 g/mol. The molecule has 11 heteroatoms. The predicted octanol–water partition coefficient (Wildman–Crippen LogP) is 3.35. The molecule has 41 heavy (non-hydrogen) atoms. The van der Waals surface area contributed by atoms with E-state index in [9.17, 15) is 24.0 Å². The van der Waals surface area contributed by atoms with Crippen molar-refractivity contribution >= 4 is 29.8 Å². The van der Waals surface area contributed by atoms with Gasteiger partial charge in [0.15, 0.2) is 17.3 Å². The largest absolute Gasteiger partial charge is 0.462 e. The standard InChI is InChI=1S/C30H42O11/c1-9-10-24(34)39-21-12-11-15(2)13-23-30(29(8,41-30)27(35)40-23)26(38-19(6)33)25-16(3)20(36-17(4)31)14-22(28(21,25)7)37-18(5)32/h13,16,20-23,25-26H,9-12,14H2,1-8H3/b15-13-/t16-,20-,21-,22-,23-,25+,26-,28-,29-,30-/m0/s1. The summed E-state index contributed by atoms with van der Waals surface area (Å²) in [4.78, 5) is 63.5. The van der Waals surface area contributed by atoms with Crippen molar-refractivity contribution in [3.8, 4) is 0 Å². The van der Waals surface area contributed by atoms with Gasteiger partial charge in [0.1, 0.15) is 24.4 Å². The second kappa shape index (κ2) is 11.0. The Bertz CT molecular complexity index is 1150. The lowest BCUT2D eigenvalue weighted by Gasteiger charge is -2.57. The Morgan fingerprint density at radius 2 is 1.61 bits per heavy atom. The molecule has 0 radical (unpaired) electrons. The number of carbonyl (C=O) groups excluding carboxylic acids is 5. The van der Waals surface area contributed by atoms with Gasteiger partial charge < -0.3 is 28.4 Å². The number of carbonyl (C=O) groups is 5. The molecule has 0 amide bonds. The van der Waals surface area contributed by atoms with E-state index < -0.39 is 88.8 Å². The van der Waals surface area contributed by atoms with E-state index in [-0.39, 0.29) is 12.8 Å². The highest BCUT2D eigenvalue weighted by Gasteiger charge is 2.87. The molecule has 0 aromatic rings. The molecule has 4 rings (SSSR count). The van der Waals surface area contributed by atoms with E-state index in [1.54, 1.807) is 13.0 Å². The van der Waals surface area contributed by atoms with E-state index in [4.69, 9.17) is 28.4 Å². The Morgan fingerprint density at radius 1 is 0.976 bits per heavy atom. The molecule has 0 bridgehead atoms. The Kier molecular flexibility index (Phi) is 8.34. The fourth-order valence-electron chi connectivity index (χ4n) is 7.49. The second-order valence-electron chi connectivity index (χ2n) is 12.3. The zero-order chi connectivity index (χ0) is 30.5. The van der Waals surface area contributed by atoms with Crippen LogP contribution in [0, 0.1) is 17.3 Å². The lowest BCUT2D eigenvalue weighted by Crippen LogP contribution is -2.66. The summed E-state index contributed by atoms with van der Waals surface area (Å²) in [5, 5.41) is 0. The van der Waals surface area contributed by atoms with Crippen molar-refractivity contribution in [1.82, 2.24) is 0 Å². The Hall–Kier alpha value is -2.95. The van der Waals surface area contributed by atoms with Crippen molar-refractivity contribution < 1.29 is 52.4 Å². The van der Waals surface area contributed by atoms with Crippen LogP contribution in [0.5, 0.6) is 0 Å². The number of ether oxygens (including phenoxy) is 6. The number of epoxide rings is 1. The number of allylic oxidation sites excluding steroid dienone is 1. The van der Waals surface area contributed by atoms with Crippen LogP contribution < -0.4 is 0 Å². The molecule has 0 aromatic carbocycles. The molecule has 2 saturated heterocycles. The third-order valence-corrected chi connectivity index (χ3v) is 9.46. The zero-order valence-corrected chi connectivity index (χ0v) is 25.1. The molecule has 228 valence electrons. The number of rotatable bonds is 6. The third-order valence-electron chi connectivity index (χ3n) is 9.46. The van der Waals surface area contributed by atoms with Gasteiger partial charge >= 0.3 is 29.8 Å². The van der Waals surface area contributed by atoms with Gasteiger partial charge in [0.05, 0.1) is 0 Å². The number of esters is 5. The first-order valence-corrected chi connectivity index (χ1v) is 14.4. The molecule has 0 N–H and O–H groups in total. The van der Waals surface area contributed by atoms with E-state index in [2.05, 4.69) is 0 Å². The van der Waals surface area contributed by atoms with Crippen molar-refractivity contribution in [3.63, 3.8) is 0 Å². The van der Waals surface area contributed by atoms with Crippen LogP contribution in [0.25, 0.3) is 0 Å². The molecule has 1 spiro atoms. The lowest BCUT2D eigenvalue weighted by atomic mass is 9.53. The fraction of sp³-hybridized carbons (Fsp3) is 0.767. The molecular formula is C30H42O11. The van der Waals surface area contributed by atoms with Crippen molar-refractivity contribution in [3.05, 3.63) is 11.6 Å². The molecule has 11 nitrogen and oxygen atoms in total. The minimum atomic E-state index is -1.41. The summed E-state index contributed by atoms with van der Waals surface area (Å²) in [5.74, 6) is -3.96. The molecule has 10 atom stereocenters. The summed E-state index contributed by atoms with van der Waals surface area (Å²) in [6.07, 6.45) is -0.826. The van der Waals surface area contributed by atoms with Crippen molar-refractivity contribution in [1.29, 1.82) is 0 Å². The summed E-state index contributed by atoms with van der Waals surface area (Å²) in [7, 11) is 0. The van der Waals surface area contributed by atoms with Gasteiger partial charge in [-0.05, 0) is 39.2 Å². The molecular weight excluding hydrogens is 536 g/mol. The van der Waals surface area contributed by atoms with E-state index in [1.165, 1.54) is 20.8 Å².